The third kappa shape index (κ3) is 10.4. The van der Waals surface area contributed by atoms with Gasteiger partial charge >= 0.3 is 0 Å². The lowest BCUT2D eigenvalue weighted by atomic mass is 10.1. The molecule has 0 N–H and O–H groups in total. The third-order valence-corrected chi connectivity index (χ3v) is 5.01. The number of nitrogens with zero attached hydrogens (tertiary/aromatic N) is 2. The summed E-state index contributed by atoms with van der Waals surface area (Å²) >= 11 is 0. The number of hydrogen-bond acceptors (Lipinski definition) is 0. The summed E-state index contributed by atoms with van der Waals surface area (Å²) in [4.78, 5) is 0. The Hall–Kier alpha value is -0.500. The van der Waals surface area contributed by atoms with Crippen LogP contribution in [0, 0.1) is 6.92 Å². The van der Waals surface area contributed by atoms with Crippen molar-refractivity contribution in [2.45, 2.75) is 117 Å². The van der Waals surface area contributed by atoms with Gasteiger partial charge in [-0.2, -0.15) is 0 Å². The number of hydrogen-bond donors (Lipinski definition) is 0. The van der Waals surface area contributed by atoms with Gasteiger partial charge in [-0.05, 0) is 25.7 Å². The maximum absolute atomic E-state index is 2.44. The molecule has 0 unspecified atom stereocenters. The van der Waals surface area contributed by atoms with Crippen LogP contribution in [0.1, 0.15) is 103 Å². The zero-order valence-electron chi connectivity index (χ0n) is 16.5. The van der Waals surface area contributed by atoms with Crippen LogP contribution in [0.4, 0.5) is 0 Å². The Labute approximate surface area is 157 Å². The molecule has 0 spiro atoms. The zero-order chi connectivity index (χ0) is 16.8. The van der Waals surface area contributed by atoms with Crippen LogP contribution in [0.3, 0.4) is 0 Å². The normalized spacial score (nSPS) is 10.8. The Morgan fingerprint density at radius 2 is 1.25 bits per heavy atom. The molecule has 0 amide bonds. The lowest BCUT2D eigenvalue weighted by molar-refractivity contribution is -0.702. The summed E-state index contributed by atoms with van der Waals surface area (Å²) in [7, 11) is 0. The van der Waals surface area contributed by atoms with E-state index >= 15 is 0 Å². The summed E-state index contributed by atoms with van der Waals surface area (Å²) in [5.74, 6) is 1.43. The highest BCUT2D eigenvalue weighted by Gasteiger charge is 2.10. The Kier molecular flexibility index (Phi) is 15.7. The van der Waals surface area contributed by atoms with E-state index in [2.05, 4.69) is 42.3 Å². The smallest absolute Gasteiger partial charge is 0.253 e. The predicted molar refractivity (Wildman–Crippen MR) is 101 cm³/mol. The van der Waals surface area contributed by atoms with Crippen molar-refractivity contribution in [3.63, 3.8) is 0 Å². The first-order valence-electron chi connectivity index (χ1n) is 10.3. The van der Waals surface area contributed by atoms with Gasteiger partial charge in [0, 0.05) is 6.92 Å². The second kappa shape index (κ2) is 16.0. The number of aromatic nitrogens is 2. The van der Waals surface area contributed by atoms with E-state index in [0.29, 0.717) is 0 Å². The van der Waals surface area contributed by atoms with Gasteiger partial charge in [0.25, 0.3) is 5.82 Å². The van der Waals surface area contributed by atoms with Gasteiger partial charge < -0.3 is 12.4 Å². The standard InChI is InChI=1S/C21H41N2.ClH/c1-4-6-8-9-10-11-12-13-14-16-18-23-20-19-22(21(23)3)17-15-7-5-2;/h19-20H,4-18H2,1-3H3;1H/q+1;/p-1. The van der Waals surface area contributed by atoms with Gasteiger partial charge in [0.15, 0.2) is 0 Å². The van der Waals surface area contributed by atoms with Crippen LogP contribution in [-0.2, 0) is 13.1 Å². The van der Waals surface area contributed by atoms with E-state index in [1.165, 1.54) is 102 Å². The van der Waals surface area contributed by atoms with Gasteiger partial charge in [-0.1, -0.05) is 71.6 Å². The van der Waals surface area contributed by atoms with Crippen molar-refractivity contribution in [1.29, 1.82) is 0 Å². The average Bonchev–Trinajstić information content (AvgIpc) is 2.90. The highest BCUT2D eigenvalue weighted by Crippen LogP contribution is 2.11. The quantitative estimate of drug-likeness (QED) is 0.337. The van der Waals surface area contributed by atoms with E-state index in [-0.39, 0.29) is 12.4 Å². The van der Waals surface area contributed by atoms with Crippen molar-refractivity contribution in [1.82, 2.24) is 4.57 Å². The fourth-order valence-corrected chi connectivity index (χ4v) is 3.32. The molecular formula is C21H41ClN2. The Balaban J connectivity index is 0.00000529. The zero-order valence-corrected chi connectivity index (χ0v) is 17.3. The highest BCUT2D eigenvalue weighted by molar-refractivity contribution is 4.79. The summed E-state index contributed by atoms with van der Waals surface area (Å²) in [5, 5.41) is 0. The minimum atomic E-state index is 0. The lowest BCUT2D eigenvalue weighted by Gasteiger charge is -2.03. The highest BCUT2D eigenvalue weighted by atomic mass is 35.5. The number of rotatable bonds is 15. The van der Waals surface area contributed by atoms with Gasteiger partial charge in [-0.25, -0.2) is 9.13 Å². The third-order valence-electron chi connectivity index (χ3n) is 5.01. The molecule has 0 aliphatic rings. The molecule has 0 saturated heterocycles. The van der Waals surface area contributed by atoms with E-state index in [4.69, 9.17) is 0 Å². The fourth-order valence-electron chi connectivity index (χ4n) is 3.32. The summed E-state index contributed by atoms with van der Waals surface area (Å²) in [6.07, 6.45) is 22.7. The van der Waals surface area contributed by atoms with E-state index in [0.717, 1.165) is 0 Å². The molecule has 0 atom stereocenters. The van der Waals surface area contributed by atoms with Crippen LogP contribution < -0.4 is 17.0 Å². The molecule has 0 bridgehead atoms. The Morgan fingerprint density at radius 3 is 1.83 bits per heavy atom. The second-order valence-electron chi connectivity index (χ2n) is 7.12. The number of unbranched alkanes of at least 4 members (excludes halogenated alkanes) is 11. The summed E-state index contributed by atoms with van der Waals surface area (Å²) in [6.45, 7) is 9.21. The molecule has 3 heteroatoms. The van der Waals surface area contributed by atoms with Crippen LogP contribution in [0.5, 0.6) is 0 Å². The van der Waals surface area contributed by atoms with Crippen LogP contribution in [0.2, 0.25) is 0 Å². The molecule has 2 nitrogen and oxygen atoms in total. The van der Waals surface area contributed by atoms with Crippen molar-refractivity contribution in [2.24, 2.45) is 0 Å². The Bertz CT molecular complexity index is 387. The van der Waals surface area contributed by atoms with Crippen molar-refractivity contribution in [3.05, 3.63) is 18.2 Å². The maximum atomic E-state index is 2.44. The van der Waals surface area contributed by atoms with Crippen LogP contribution in [0.25, 0.3) is 0 Å². The van der Waals surface area contributed by atoms with Gasteiger partial charge in [-0.3, -0.25) is 0 Å². The second-order valence-corrected chi connectivity index (χ2v) is 7.12. The van der Waals surface area contributed by atoms with Crippen LogP contribution in [0.15, 0.2) is 12.4 Å². The summed E-state index contributed by atoms with van der Waals surface area (Å²) < 4.78 is 4.86. The van der Waals surface area contributed by atoms with Gasteiger partial charge in [-0.15, -0.1) is 0 Å². The molecule has 1 aromatic heterocycles. The summed E-state index contributed by atoms with van der Waals surface area (Å²) in [5.41, 5.74) is 0. The van der Waals surface area contributed by atoms with E-state index in [1.54, 1.807) is 0 Å². The van der Waals surface area contributed by atoms with Gasteiger partial charge in [0.1, 0.15) is 12.4 Å². The molecule has 1 rings (SSSR count). The minimum absolute atomic E-state index is 0. The molecule has 0 saturated carbocycles. The summed E-state index contributed by atoms with van der Waals surface area (Å²) in [6, 6.07) is 0. The van der Waals surface area contributed by atoms with Crippen LogP contribution >= 0.6 is 0 Å². The van der Waals surface area contributed by atoms with Gasteiger partial charge in [0.2, 0.25) is 0 Å². The molecule has 0 aliphatic heterocycles. The molecule has 142 valence electrons. The first-order chi connectivity index (χ1) is 11.3. The minimum Gasteiger partial charge on any atom is -1.00 e. The molecule has 0 aromatic carbocycles. The van der Waals surface area contributed by atoms with Crippen molar-refractivity contribution in [2.75, 3.05) is 0 Å². The van der Waals surface area contributed by atoms with E-state index < -0.39 is 0 Å². The first-order valence-corrected chi connectivity index (χ1v) is 10.3. The van der Waals surface area contributed by atoms with E-state index in [1.807, 2.05) is 0 Å². The largest absolute Gasteiger partial charge is 1.00 e. The molecule has 0 aliphatic carbocycles. The van der Waals surface area contributed by atoms with Crippen LogP contribution in [-0.4, -0.2) is 4.57 Å². The number of imidazole rings is 1. The van der Waals surface area contributed by atoms with Crippen molar-refractivity contribution < 1.29 is 17.0 Å². The number of halogens is 1. The van der Waals surface area contributed by atoms with Crippen molar-refractivity contribution >= 4 is 0 Å². The maximum Gasteiger partial charge on any atom is 0.253 e. The lowest BCUT2D eigenvalue weighted by Crippen LogP contribution is -3.00. The predicted octanol–water partition coefficient (Wildman–Crippen LogP) is 3.20. The SMILES string of the molecule is CCCCCCCCCCCCn1cc[n+](CCCCC)c1C.[Cl-]. The monoisotopic (exact) mass is 356 g/mol. The molecule has 1 aromatic rings. The molecule has 0 fully saturated rings. The fraction of sp³-hybridized carbons (Fsp3) is 0.857. The van der Waals surface area contributed by atoms with Gasteiger partial charge in [0.05, 0.1) is 13.1 Å². The molecule has 0 radical (unpaired) electrons. The Morgan fingerprint density at radius 1 is 0.750 bits per heavy atom. The molecular weight excluding hydrogens is 316 g/mol. The average molecular weight is 357 g/mol. The van der Waals surface area contributed by atoms with E-state index in [9.17, 15) is 0 Å². The topological polar surface area (TPSA) is 8.81 Å². The number of aryl methyl sites for hydroxylation is 2. The first kappa shape index (κ1) is 23.5. The molecule has 1 heterocycles. The molecule has 24 heavy (non-hydrogen) atoms. The van der Waals surface area contributed by atoms with Crippen molar-refractivity contribution in [3.8, 4) is 0 Å².